The molecule has 0 bridgehead atoms. The molecular formula is C48H45N3O8. The van der Waals surface area contributed by atoms with Crippen LogP contribution in [0.5, 0.6) is 23.0 Å². The molecular weight excluding hydrogens is 747 g/mol. The van der Waals surface area contributed by atoms with Gasteiger partial charge in [0.1, 0.15) is 36.0 Å². The Kier molecular flexibility index (Phi) is 13.6. The van der Waals surface area contributed by atoms with Gasteiger partial charge < -0.3 is 28.5 Å². The number of rotatable bonds is 20. The molecule has 11 nitrogen and oxygen atoms in total. The summed E-state index contributed by atoms with van der Waals surface area (Å²) in [5, 5.41) is 19.0. The molecule has 0 radical (unpaired) electrons. The first-order chi connectivity index (χ1) is 28.9. The molecule has 0 fully saturated rings. The number of aromatic hydroxyl groups is 1. The summed E-state index contributed by atoms with van der Waals surface area (Å²) in [5.41, 5.74) is 4.82. The molecule has 1 N–H and O–H groups in total. The summed E-state index contributed by atoms with van der Waals surface area (Å²) >= 11 is 0. The van der Waals surface area contributed by atoms with E-state index >= 15 is 0 Å². The molecule has 0 unspecified atom stereocenters. The Morgan fingerprint density at radius 2 is 1.61 bits per heavy atom. The van der Waals surface area contributed by atoms with Crippen molar-refractivity contribution in [3.05, 3.63) is 172 Å². The number of carbonyl (C=O) groups excluding carboxylic acids is 1. The maximum atomic E-state index is 13.5. The SMILES string of the molecule is Cc1ccc(O)c(C(=O)/C=C/c2ccc(OCCCCc3cn(CCOCCOc4cccc(-c5oc6ccccc6c(=O)c5OCc5ccccc5)c4)nn3)cc2)c1. The molecule has 0 aliphatic rings. The molecule has 300 valence electrons. The summed E-state index contributed by atoms with van der Waals surface area (Å²) in [5.74, 6) is 1.59. The highest BCUT2D eigenvalue weighted by Gasteiger charge is 2.18. The number of hydrogen-bond donors (Lipinski definition) is 1. The van der Waals surface area contributed by atoms with Crippen LogP contribution in [0, 0.1) is 6.92 Å². The maximum Gasteiger partial charge on any atom is 0.235 e. The minimum atomic E-state index is -0.251. The van der Waals surface area contributed by atoms with E-state index in [2.05, 4.69) is 10.3 Å². The van der Waals surface area contributed by atoms with Crippen molar-refractivity contribution >= 4 is 22.8 Å². The highest BCUT2D eigenvalue weighted by atomic mass is 16.5. The van der Waals surface area contributed by atoms with Crippen molar-refractivity contribution in [3.8, 4) is 34.3 Å². The number of ether oxygens (including phenoxy) is 4. The average molecular weight is 792 g/mol. The van der Waals surface area contributed by atoms with E-state index in [1.54, 1.807) is 41.1 Å². The van der Waals surface area contributed by atoms with Crippen molar-refractivity contribution < 1.29 is 33.3 Å². The molecule has 0 amide bonds. The summed E-state index contributed by atoms with van der Waals surface area (Å²) in [4.78, 5) is 26.0. The Balaban J connectivity index is 0.803. The molecule has 0 spiro atoms. The molecule has 2 aromatic heterocycles. The summed E-state index contributed by atoms with van der Waals surface area (Å²) < 4.78 is 31.8. The van der Waals surface area contributed by atoms with Gasteiger partial charge in [-0.05, 0) is 91.9 Å². The molecule has 2 heterocycles. The normalized spacial score (nSPS) is 11.3. The van der Waals surface area contributed by atoms with Crippen LogP contribution >= 0.6 is 0 Å². The van der Waals surface area contributed by atoms with Gasteiger partial charge in [-0.2, -0.15) is 0 Å². The molecule has 0 atom stereocenters. The molecule has 5 aromatic carbocycles. The summed E-state index contributed by atoms with van der Waals surface area (Å²) in [7, 11) is 0. The predicted molar refractivity (Wildman–Crippen MR) is 226 cm³/mol. The second kappa shape index (κ2) is 19.9. The van der Waals surface area contributed by atoms with E-state index in [1.807, 2.05) is 98.0 Å². The van der Waals surface area contributed by atoms with Crippen molar-refractivity contribution in [1.29, 1.82) is 0 Å². The zero-order valence-electron chi connectivity index (χ0n) is 32.8. The zero-order chi connectivity index (χ0) is 40.8. The van der Waals surface area contributed by atoms with Crippen molar-refractivity contribution in [2.24, 2.45) is 0 Å². The average Bonchev–Trinajstić information content (AvgIpc) is 3.72. The molecule has 7 aromatic rings. The number of phenols is 1. The molecule has 0 aliphatic carbocycles. The van der Waals surface area contributed by atoms with E-state index in [-0.39, 0.29) is 34.9 Å². The van der Waals surface area contributed by atoms with Gasteiger partial charge in [-0.25, -0.2) is 4.68 Å². The minimum Gasteiger partial charge on any atom is -0.507 e. The summed E-state index contributed by atoms with van der Waals surface area (Å²) in [6.45, 7) is 4.39. The monoisotopic (exact) mass is 791 g/mol. The predicted octanol–water partition coefficient (Wildman–Crippen LogP) is 9.04. The molecule has 0 saturated carbocycles. The fraction of sp³-hybridized carbons (Fsp3) is 0.208. The molecule has 11 heteroatoms. The second-order valence-corrected chi connectivity index (χ2v) is 13.9. The number of carbonyl (C=O) groups is 1. The number of aromatic nitrogens is 3. The zero-order valence-corrected chi connectivity index (χ0v) is 32.8. The van der Waals surface area contributed by atoms with E-state index < -0.39 is 0 Å². The van der Waals surface area contributed by atoms with Gasteiger partial charge in [0, 0.05) is 11.8 Å². The number of benzene rings is 5. The van der Waals surface area contributed by atoms with Crippen LogP contribution in [0.1, 0.15) is 45.6 Å². The Morgan fingerprint density at radius 1 is 0.797 bits per heavy atom. The van der Waals surface area contributed by atoms with Gasteiger partial charge in [0.05, 0.1) is 43.0 Å². The first-order valence-corrected chi connectivity index (χ1v) is 19.6. The maximum absolute atomic E-state index is 13.5. The number of para-hydroxylation sites is 1. The Hall–Kier alpha value is -6.98. The Morgan fingerprint density at radius 3 is 2.47 bits per heavy atom. The van der Waals surface area contributed by atoms with E-state index in [1.165, 1.54) is 12.1 Å². The Bertz CT molecular complexity index is 2560. The number of fused-ring (bicyclic) bond motifs is 1. The standard InChI is InChI=1S/C48H45N3O8/c1-34-17-23-43(52)42(30-34)44(53)24-20-35-18-21-39(22-19-35)56-26-8-7-13-38-32-51(50-49-38)25-27-55-28-29-57-40-14-9-12-37(31-40)47-48(58-33-36-10-3-2-4-11-36)46(54)41-15-5-6-16-45(41)59-47/h2-6,9-12,14-24,30-32,52H,7-8,13,25-29,33H2,1H3/b24-20+. The lowest BCUT2D eigenvalue weighted by Crippen LogP contribution is -2.12. The van der Waals surface area contributed by atoms with Crippen LogP contribution in [0.3, 0.4) is 0 Å². The van der Waals surface area contributed by atoms with Gasteiger partial charge in [0.15, 0.2) is 11.5 Å². The van der Waals surface area contributed by atoms with Crippen molar-refractivity contribution in [2.75, 3.05) is 26.4 Å². The number of ketones is 1. The van der Waals surface area contributed by atoms with Crippen LogP contribution in [0.4, 0.5) is 0 Å². The molecule has 7 rings (SSSR count). The van der Waals surface area contributed by atoms with Gasteiger partial charge in [0.25, 0.3) is 0 Å². The third kappa shape index (κ3) is 11.1. The third-order valence-electron chi connectivity index (χ3n) is 9.45. The van der Waals surface area contributed by atoms with E-state index in [0.717, 1.165) is 47.4 Å². The number of hydrogen-bond acceptors (Lipinski definition) is 10. The Labute approximate surface area is 342 Å². The molecule has 59 heavy (non-hydrogen) atoms. The number of aryl methyl sites for hydroxylation is 2. The van der Waals surface area contributed by atoms with Crippen molar-refractivity contribution in [2.45, 2.75) is 39.3 Å². The summed E-state index contributed by atoms with van der Waals surface area (Å²) in [6.07, 6.45) is 7.66. The van der Waals surface area contributed by atoms with Crippen LogP contribution in [0.2, 0.25) is 0 Å². The van der Waals surface area contributed by atoms with E-state index in [9.17, 15) is 14.7 Å². The lowest BCUT2D eigenvalue weighted by molar-refractivity contribution is 0.0923. The highest BCUT2D eigenvalue weighted by molar-refractivity contribution is 6.08. The number of unbranched alkanes of at least 4 members (excludes halogenated alkanes) is 1. The quantitative estimate of drug-likeness (QED) is 0.0453. The van der Waals surface area contributed by atoms with Gasteiger partial charge in [-0.1, -0.05) is 89.6 Å². The first kappa shape index (κ1) is 40.2. The fourth-order valence-electron chi connectivity index (χ4n) is 6.33. The van der Waals surface area contributed by atoms with Crippen molar-refractivity contribution in [3.63, 3.8) is 0 Å². The third-order valence-corrected chi connectivity index (χ3v) is 9.45. The first-order valence-electron chi connectivity index (χ1n) is 19.6. The molecule has 0 aliphatic heterocycles. The van der Waals surface area contributed by atoms with Crippen LogP contribution in [0.25, 0.3) is 28.4 Å². The summed E-state index contributed by atoms with van der Waals surface area (Å²) in [6, 6.07) is 36.7. The largest absolute Gasteiger partial charge is 0.507 e. The number of nitrogens with zero attached hydrogens (tertiary/aromatic N) is 3. The topological polar surface area (TPSA) is 135 Å². The fourth-order valence-corrected chi connectivity index (χ4v) is 6.33. The van der Waals surface area contributed by atoms with E-state index in [0.29, 0.717) is 61.0 Å². The van der Waals surface area contributed by atoms with Gasteiger partial charge in [-0.15, -0.1) is 5.10 Å². The van der Waals surface area contributed by atoms with E-state index in [4.69, 9.17) is 23.4 Å². The van der Waals surface area contributed by atoms with Crippen LogP contribution in [-0.4, -0.2) is 52.3 Å². The smallest absolute Gasteiger partial charge is 0.235 e. The van der Waals surface area contributed by atoms with Gasteiger partial charge in [0.2, 0.25) is 11.2 Å². The van der Waals surface area contributed by atoms with Crippen LogP contribution in [-0.2, 0) is 24.3 Å². The number of allylic oxidation sites excluding steroid dienone is 1. The minimum absolute atomic E-state index is 0.0267. The van der Waals surface area contributed by atoms with Crippen LogP contribution in [0.15, 0.2) is 143 Å². The van der Waals surface area contributed by atoms with Gasteiger partial charge in [-0.3, -0.25) is 9.59 Å². The van der Waals surface area contributed by atoms with Gasteiger partial charge >= 0.3 is 0 Å². The second-order valence-electron chi connectivity index (χ2n) is 13.9. The highest BCUT2D eigenvalue weighted by Crippen LogP contribution is 2.33. The molecule has 0 saturated heterocycles. The van der Waals surface area contributed by atoms with Crippen molar-refractivity contribution in [1.82, 2.24) is 15.0 Å². The van der Waals surface area contributed by atoms with Crippen LogP contribution < -0.4 is 19.6 Å². The number of phenolic OH excluding ortho intramolecular Hbond substituents is 1. The lowest BCUT2D eigenvalue weighted by atomic mass is 10.1. The lowest BCUT2D eigenvalue weighted by Gasteiger charge is -2.13.